The molecule has 0 aromatic carbocycles. The normalized spacial score (nSPS) is 0. The van der Waals surface area contributed by atoms with Crippen molar-refractivity contribution in [3.8, 4) is 0 Å². The Hall–Kier alpha value is 2.90. The zero-order chi connectivity index (χ0) is 0. The molecular formula is BiNbO5Sr. The zero-order valence-corrected chi connectivity index (χ0v) is 12.8. The Kier molecular flexibility index (Phi) is 1480. The smallest absolute Gasteiger partial charge is 2.00 e. The van der Waals surface area contributed by atoms with Crippen molar-refractivity contribution < 1.29 is 49.8 Å². The maximum atomic E-state index is 0. The van der Waals surface area contributed by atoms with Crippen LogP contribution in [0.15, 0.2) is 0 Å². The van der Waals surface area contributed by atoms with Gasteiger partial charge in [-0.3, -0.25) is 0 Å². The van der Waals surface area contributed by atoms with Crippen LogP contribution in [0.1, 0.15) is 0 Å². The molecule has 8 heavy (non-hydrogen) atoms. The van der Waals surface area contributed by atoms with E-state index >= 15 is 0 Å². The van der Waals surface area contributed by atoms with Gasteiger partial charge in [0.2, 0.25) is 0 Å². The van der Waals surface area contributed by atoms with Gasteiger partial charge in [-0.05, 0) is 0 Å². The Morgan fingerprint density at radius 1 is 0.500 bits per heavy atom. The molecule has 0 spiro atoms. The van der Waals surface area contributed by atoms with Crippen LogP contribution in [0.3, 0.4) is 0 Å². The van der Waals surface area contributed by atoms with E-state index in [4.69, 9.17) is 0 Å². The summed E-state index contributed by atoms with van der Waals surface area (Å²) in [5.74, 6) is 0. The van der Waals surface area contributed by atoms with Crippen molar-refractivity contribution in [2.45, 2.75) is 0 Å². The fraction of sp³-hybridized carbons (Fsp3) is 0. The van der Waals surface area contributed by atoms with Gasteiger partial charge in [-0.15, -0.1) is 0 Å². The van der Waals surface area contributed by atoms with Gasteiger partial charge in [0, 0.05) is 0 Å². The predicted octanol–water partition coefficient (Wildman–Crippen LogP) is -1.36. The van der Waals surface area contributed by atoms with Crippen molar-refractivity contribution in [2.24, 2.45) is 0 Å². The summed E-state index contributed by atoms with van der Waals surface area (Å²) in [5.41, 5.74) is 0. The second-order valence-corrected chi connectivity index (χ2v) is 0. The average Bonchev–Trinajstić information content (AvgIpc) is 0. The summed E-state index contributed by atoms with van der Waals surface area (Å²) in [6, 6.07) is 0. The summed E-state index contributed by atoms with van der Waals surface area (Å²) in [6.45, 7) is 0. The predicted molar refractivity (Wildman–Crippen MR) is 14.9 cm³/mol. The van der Waals surface area contributed by atoms with Crippen LogP contribution in [0.4, 0.5) is 0 Å². The first kappa shape index (κ1) is 127. The summed E-state index contributed by atoms with van der Waals surface area (Å²) < 4.78 is 0. The second kappa shape index (κ2) is 93.1. The number of rotatable bonds is 0. The molecule has 0 saturated carbocycles. The van der Waals surface area contributed by atoms with Crippen LogP contribution in [0.5, 0.6) is 0 Å². The maximum Gasteiger partial charge on any atom is 5.00 e. The molecular weight excluding hydrogens is 470 g/mol. The SMILES string of the molecule is [Bi+3].[Nb+5].[O-2].[O-2].[O-2].[O-2].[O-2].[Sr+2]. The molecule has 0 amide bonds. The molecule has 0 unspecified atom stereocenters. The fourth-order valence-electron chi connectivity index (χ4n) is 0. The number of hydrogen-bond acceptors (Lipinski definition) is 0. The third-order valence-corrected chi connectivity index (χ3v) is 0. The Bertz CT molecular complexity index is 12.4. The van der Waals surface area contributed by atoms with Crippen molar-refractivity contribution in [1.82, 2.24) is 0 Å². The van der Waals surface area contributed by atoms with Crippen LogP contribution < -0.4 is 0 Å². The van der Waals surface area contributed by atoms with Crippen LogP contribution in [0.25, 0.3) is 0 Å². The Morgan fingerprint density at radius 3 is 0.500 bits per heavy atom. The molecule has 5 nitrogen and oxygen atoms in total. The number of hydrogen-bond donors (Lipinski definition) is 0. The first-order chi connectivity index (χ1) is 0. The maximum absolute atomic E-state index is 0. The van der Waals surface area contributed by atoms with E-state index in [2.05, 4.69) is 0 Å². The molecule has 0 aliphatic rings. The monoisotopic (exact) mass is 470 g/mol. The topological polar surface area (TPSA) is 142 Å². The molecule has 42 valence electrons. The Labute approximate surface area is 119 Å². The van der Waals surface area contributed by atoms with Crippen molar-refractivity contribution in [1.29, 1.82) is 0 Å². The van der Waals surface area contributed by atoms with Crippen molar-refractivity contribution >= 4 is 71.7 Å². The van der Waals surface area contributed by atoms with E-state index in [1.165, 1.54) is 0 Å². The quantitative estimate of drug-likeness (QED) is 0.387. The zero-order valence-electron chi connectivity index (χ0n) is 3.64. The third-order valence-electron chi connectivity index (χ3n) is 0. The van der Waals surface area contributed by atoms with E-state index in [1.54, 1.807) is 0 Å². The minimum absolute atomic E-state index is 0. The third kappa shape index (κ3) is 66.0. The average molecular weight is 470 g/mol. The van der Waals surface area contributed by atoms with Gasteiger partial charge in [-0.2, -0.15) is 0 Å². The molecule has 0 N–H and O–H groups in total. The largest absolute Gasteiger partial charge is 5.00 e. The molecule has 0 bridgehead atoms. The van der Waals surface area contributed by atoms with Crippen LogP contribution >= 0.6 is 0 Å². The van der Waals surface area contributed by atoms with Gasteiger partial charge in [0.1, 0.15) is 0 Å². The van der Waals surface area contributed by atoms with E-state index in [1.807, 2.05) is 0 Å². The minimum Gasteiger partial charge on any atom is -2.00 e. The van der Waals surface area contributed by atoms with Crippen LogP contribution in [0, 0.1) is 0 Å². The molecule has 0 heterocycles. The molecule has 0 saturated heterocycles. The first-order valence-electron chi connectivity index (χ1n) is 0. The molecule has 0 fully saturated rings. The van der Waals surface area contributed by atoms with Crippen LogP contribution in [-0.4, -0.2) is 71.7 Å². The van der Waals surface area contributed by atoms with E-state index in [0.29, 0.717) is 0 Å². The van der Waals surface area contributed by atoms with E-state index in [-0.39, 0.29) is 121 Å². The molecule has 0 aromatic heterocycles. The van der Waals surface area contributed by atoms with E-state index in [0.717, 1.165) is 0 Å². The Balaban J connectivity index is 0. The van der Waals surface area contributed by atoms with Gasteiger partial charge in [-0.1, -0.05) is 0 Å². The van der Waals surface area contributed by atoms with Gasteiger partial charge in [0.25, 0.3) is 0 Å². The molecule has 0 rings (SSSR count). The van der Waals surface area contributed by atoms with E-state index in [9.17, 15) is 0 Å². The minimum atomic E-state index is 0. The summed E-state index contributed by atoms with van der Waals surface area (Å²) in [6.07, 6.45) is 0. The van der Waals surface area contributed by atoms with Gasteiger partial charge in [0.15, 0.2) is 0 Å². The summed E-state index contributed by atoms with van der Waals surface area (Å²) in [4.78, 5) is 0. The van der Waals surface area contributed by atoms with Gasteiger partial charge in [0.05, 0.1) is 0 Å². The summed E-state index contributed by atoms with van der Waals surface area (Å²) in [7, 11) is 0. The molecule has 0 atom stereocenters. The molecule has 8 heteroatoms. The van der Waals surface area contributed by atoms with E-state index < -0.39 is 0 Å². The van der Waals surface area contributed by atoms with Crippen LogP contribution in [0.2, 0.25) is 0 Å². The van der Waals surface area contributed by atoms with Gasteiger partial charge >= 0.3 is 94.1 Å². The van der Waals surface area contributed by atoms with Crippen molar-refractivity contribution in [3.05, 3.63) is 0 Å². The summed E-state index contributed by atoms with van der Waals surface area (Å²) >= 11 is 0. The molecule has 0 aliphatic heterocycles. The van der Waals surface area contributed by atoms with Gasteiger partial charge < -0.3 is 27.4 Å². The van der Waals surface area contributed by atoms with Crippen molar-refractivity contribution in [3.63, 3.8) is 0 Å². The van der Waals surface area contributed by atoms with Crippen LogP contribution in [-0.2, 0) is 49.8 Å². The first-order valence-corrected chi connectivity index (χ1v) is 0. The molecule has 0 aliphatic carbocycles. The molecule has 2 radical (unpaired) electrons. The molecule has 0 aromatic rings. The van der Waals surface area contributed by atoms with Gasteiger partial charge in [-0.25, -0.2) is 0 Å². The Morgan fingerprint density at radius 2 is 0.500 bits per heavy atom. The fourth-order valence-corrected chi connectivity index (χ4v) is 0. The summed E-state index contributed by atoms with van der Waals surface area (Å²) in [5, 5.41) is 0. The standard InChI is InChI=1S/Bi.Nb.5O.Sr/q+3;+5;5*-2;+2. The second-order valence-electron chi connectivity index (χ2n) is 0. The van der Waals surface area contributed by atoms with Crippen molar-refractivity contribution in [2.75, 3.05) is 0 Å².